The summed E-state index contributed by atoms with van der Waals surface area (Å²) in [6.45, 7) is 2.32. The average Bonchev–Trinajstić information content (AvgIpc) is 3.01. The van der Waals surface area contributed by atoms with E-state index in [2.05, 4.69) is 14.9 Å². The van der Waals surface area contributed by atoms with Crippen LogP contribution in [0.25, 0.3) is 0 Å². The lowest BCUT2D eigenvalue weighted by Crippen LogP contribution is -2.49. The third kappa shape index (κ3) is 9.13. The van der Waals surface area contributed by atoms with E-state index in [0.29, 0.717) is 33.5 Å². The molecule has 1 fully saturated rings. The van der Waals surface area contributed by atoms with E-state index in [1.54, 1.807) is 47.6 Å². The first-order valence-corrected chi connectivity index (χ1v) is 17.8. The minimum absolute atomic E-state index is 0.0607. The van der Waals surface area contributed by atoms with Gasteiger partial charge in [-0.25, -0.2) is 17.6 Å². The Balaban J connectivity index is 1.19. The fourth-order valence-corrected chi connectivity index (χ4v) is 6.29. The molecule has 2 amide bonds. The number of rotatable bonds is 10. The lowest BCUT2D eigenvalue weighted by Gasteiger charge is -2.38. The molecule has 1 unspecified atom stereocenters. The molecule has 12 heteroatoms. The number of nitrogens with one attached hydrogen (secondary N) is 2. The van der Waals surface area contributed by atoms with Crippen molar-refractivity contribution in [3.05, 3.63) is 108 Å². The van der Waals surface area contributed by atoms with Crippen LogP contribution >= 0.6 is 0 Å². The van der Waals surface area contributed by atoms with Crippen LogP contribution in [0.1, 0.15) is 18.4 Å². The Kier molecular flexibility index (Phi) is 10.2. The highest BCUT2D eigenvalue weighted by atomic mass is 32.2. The molecule has 0 saturated carbocycles. The number of ether oxygens (including phenoxy) is 1. The van der Waals surface area contributed by atoms with Gasteiger partial charge in [-0.3, -0.25) is 18.7 Å². The van der Waals surface area contributed by atoms with Crippen LogP contribution in [0, 0.1) is 5.82 Å². The molecular weight excluding hydrogens is 616 g/mol. The minimum Gasteiger partial charge on any atom is -0.457 e. The second-order valence-electron chi connectivity index (χ2n) is 10.9. The topological polar surface area (TPSA) is 108 Å². The maximum atomic E-state index is 13.5. The number of likely N-dealkylation sites (tertiary alicyclic amines) is 1. The van der Waals surface area contributed by atoms with Gasteiger partial charge in [-0.2, -0.15) is 0 Å². The SMILES string of the molecule is CS(=O)c1ccc(N(C(=O)Nc2ccc(F)cc2)C2CCN(Cc3ccc(Oc4ccc(NS(C)(=O)=O)cc4)cc3)CC2)cc1. The molecule has 4 aromatic rings. The molecule has 0 bridgehead atoms. The number of piperidine rings is 1. The van der Waals surface area contributed by atoms with Crippen molar-refractivity contribution in [2.75, 3.05) is 40.5 Å². The zero-order valence-corrected chi connectivity index (χ0v) is 26.6. The predicted octanol–water partition coefficient (Wildman–Crippen LogP) is 6.43. The van der Waals surface area contributed by atoms with Crippen LogP contribution in [0.4, 0.5) is 26.2 Å². The third-order valence-electron chi connectivity index (χ3n) is 7.41. The summed E-state index contributed by atoms with van der Waals surface area (Å²) in [4.78, 5) is 18.3. The van der Waals surface area contributed by atoms with Crippen molar-refractivity contribution in [3.63, 3.8) is 0 Å². The van der Waals surface area contributed by atoms with Crippen LogP contribution in [0.15, 0.2) is 102 Å². The second kappa shape index (κ2) is 14.2. The zero-order chi connectivity index (χ0) is 32.0. The van der Waals surface area contributed by atoms with E-state index >= 15 is 0 Å². The number of urea groups is 1. The van der Waals surface area contributed by atoms with E-state index in [-0.39, 0.29) is 17.9 Å². The Morgan fingerprint density at radius 1 is 0.889 bits per heavy atom. The van der Waals surface area contributed by atoms with Gasteiger partial charge < -0.3 is 10.1 Å². The highest BCUT2D eigenvalue weighted by molar-refractivity contribution is 7.92. The number of carbonyl (C=O) groups is 1. The van der Waals surface area contributed by atoms with Gasteiger partial charge in [0.1, 0.15) is 17.3 Å². The maximum absolute atomic E-state index is 13.5. The first-order chi connectivity index (χ1) is 21.5. The summed E-state index contributed by atoms with van der Waals surface area (Å²) in [6.07, 6.45) is 4.23. The first kappa shape index (κ1) is 32.1. The smallest absolute Gasteiger partial charge is 0.326 e. The van der Waals surface area contributed by atoms with Crippen molar-refractivity contribution in [1.82, 2.24) is 4.90 Å². The number of anilines is 3. The van der Waals surface area contributed by atoms with Gasteiger partial charge in [0, 0.05) is 64.7 Å². The molecule has 0 aromatic heterocycles. The van der Waals surface area contributed by atoms with E-state index in [4.69, 9.17) is 4.74 Å². The number of amides is 2. The normalized spacial score (nSPS) is 14.8. The molecule has 1 aliphatic rings. The van der Waals surface area contributed by atoms with Crippen molar-refractivity contribution in [3.8, 4) is 11.5 Å². The van der Waals surface area contributed by atoms with Crippen LogP contribution in [-0.4, -0.2) is 55.2 Å². The average molecular weight is 651 g/mol. The van der Waals surface area contributed by atoms with E-state index in [1.807, 2.05) is 36.4 Å². The summed E-state index contributed by atoms with van der Waals surface area (Å²) >= 11 is 0. The van der Waals surface area contributed by atoms with Gasteiger partial charge in [-0.15, -0.1) is 0 Å². The van der Waals surface area contributed by atoms with Gasteiger partial charge in [-0.1, -0.05) is 12.1 Å². The van der Waals surface area contributed by atoms with E-state index < -0.39 is 20.8 Å². The predicted molar refractivity (Wildman–Crippen MR) is 176 cm³/mol. The summed E-state index contributed by atoms with van der Waals surface area (Å²) in [5.41, 5.74) is 2.80. The fraction of sp³-hybridized carbons (Fsp3) is 0.242. The van der Waals surface area contributed by atoms with Gasteiger partial charge >= 0.3 is 6.03 Å². The quantitative estimate of drug-likeness (QED) is 0.205. The zero-order valence-electron chi connectivity index (χ0n) is 25.0. The molecule has 4 aromatic carbocycles. The van der Waals surface area contributed by atoms with Crippen molar-refractivity contribution in [1.29, 1.82) is 0 Å². The summed E-state index contributed by atoms with van der Waals surface area (Å²) in [5, 5.41) is 2.90. The Hall–Kier alpha value is -4.26. The molecule has 5 rings (SSSR count). The van der Waals surface area contributed by atoms with Crippen LogP contribution in [-0.2, 0) is 27.4 Å². The Labute approximate surface area is 265 Å². The number of hydrogen-bond donors (Lipinski definition) is 2. The highest BCUT2D eigenvalue weighted by Gasteiger charge is 2.29. The summed E-state index contributed by atoms with van der Waals surface area (Å²) in [5.74, 6) is 0.884. The van der Waals surface area contributed by atoms with Gasteiger partial charge in [-0.05, 0) is 103 Å². The second-order valence-corrected chi connectivity index (χ2v) is 14.0. The van der Waals surface area contributed by atoms with E-state index in [9.17, 15) is 21.8 Å². The molecule has 1 atom stereocenters. The van der Waals surface area contributed by atoms with E-state index in [0.717, 1.165) is 44.3 Å². The first-order valence-electron chi connectivity index (χ1n) is 14.4. The number of halogens is 1. The van der Waals surface area contributed by atoms with Crippen molar-refractivity contribution < 1.29 is 26.5 Å². The van der Waals surface area contributed by atoms with Crippen molar-refractivity contribution in [2.24, 2.45) is 0 Å². The van der Waals surface area contributed by atoms with Gasteiger partial charge in [0.25, 0.3) is 0 Å². The summed E-state index contributed by atoms with van der Waals surface area (Å²) in [6, 6.07) is 27.0. The monoisotopic (exact) mass is 650 g/mol. The summed E-state index contributed by atoms with van der Waals surface area (Å²) in [7, 11) is -4.47. The minimum atomic E-state index is -3.34. The maximum Gasteiger partial charge on any atom is 0.326 e. The number of hydrogen-bond acceptors (Lipinski definition) is 6. The Morgan fingerprint density at radius 2 is 1.44 bits per heavy atom. The Morgan fingerprint density at radius 3 is 2.00 bits per heavy atom. The lowest BCUT2D eigenvalue weighted by molar-refractivity contribution is 0.199. The number of benzene rings is 4. The molecule has 45 heavy (non-hydrogen) atoms. The molecule has 236 valence electrons. The highest BCUT2D eigenvalue weighted by Crippen LogP contribution is 2.28. The van der Waals surface area contributed by atoms with Crippen LogP contribution in [0.5, 0.6) is 11.5 Å². The number of carbonyl (C=O) groups excluding carboxylic acids is 1. The van der Waals surface area contributed by atoms with Crippen molar-refractivity contribution >= 4 is 43.9 Å². The number of sulfonamides is 1. The molecule has 9 nitrogen and oxygen atoms in total. The fourth-order valence-electron chi connectivity index (χ4n) is 5.21. The standard InChI is InChI=1S/C33H35FN4O5S2/c1-44(40)32-17-11-28(12-18-32)38(33(39)35-26-7-5-25(34)6-8-26)29-19-21-37(22-20-29)23-24-3-13-30(14-4-24)43-31-15-9-27(10-16-31)36-45(2,41)42/h3-18,29,36H,19-23H2,1-2H3,(H,35,39). The molecule has 2 N–H and O–H groups in total. The molecule has 0 radical (unpaired) electrons. The van der Waals surface area contributed by atoms with Crippen LogP contribution in [0.2, 0.25) is 0 Å². The molecule has 1 aliphatic heterocycles. The molecular formula is C33H35FN4O5S2. The number of nitrogens with zero attached hydrogens (tertiary/aromatic N) is 2. The largest absolute Gasteiger partial charge is 0.457 e. The van der Waals surface area contributed by atoms with E-state index in [1.165, 1.54) is 24.3 Å². The van der Waals surface area contributed by atoms with Crippen molar-refractivity contribution in [2.45, 2.75) is 30.3 Å². The summed E-state index contributed by atoms with van der Waals surface area (Å²) < 4.78 is 56.5. The van der Waals surface area contributed by atoms with Crippen LogP contribution in [0.3, 0.4) is 0 Å². The van der Waals surface area contributed by atoms with Gasteiger partial charge in [0.05, 0.1) is 6.26 Å². The van der Waals surface area contributed by atoms with Crippen LogP contribution < -0.4 is 19.7 Å². The van der Waals surface area contributed by atoms with Gasteiger partial charge in [0.2, 0.25) is 10.0 Å². The molecule has 0 spiro atoms. The molecule has 0 aliphatic carbocycles. The Bertz CT molecular complexity index is 1730. The third-order valence-corrected chi connectivity index (χ3v) is 8.95. The lowest BCUT2D eigenvalue weighted by atomic mass is 10.0. The molecule has 1 heterocycles. The van der Waals surface area contributed by atoms with Gasteiger partial charge in [0.15, 0.2) is 0 Å². The molecule has 1 saturated heterocycles.